The van der Waals surface area contributed by atoms with Crippen LogP contribution in [0.4, 0.5) is 11.4 Å². The zero-order chi connectivity index (χ0) is 13.0. The molecule has 4 heteroatoms. The maximum Gasteiger partial charge on any atom is 0.241 e. The number of hydrogen-bond donors (Lipinski definition) is 2. The zero-order valence-electron chi connectivity index (χ0n) is 11.1. The Balaban J connectivity index is 2.14. The average Bonchev–Trinajstić information content (AvgIpc) is 2.92. The van der Waals surface area contributed by atoms with Crippen LogP contribution in [0.3, 0.4) is 0 Å². The van der Waals surface area contributed by atoms with E-state index < -0.39 is 0 Å². The van der Waals surface area contributed by atoms with Crippen molar-refractivity contribution in [1.29, 1.82) is 0 Å². The van der Waals surface area contributed by atoms with E-state index >= 15 is 0 Å². The third-order valence-electron chi connectivity index (χ3n) is 3.43. The van der Waals surface area contributed by atoms with E-state index in [0.29, 0.717) is 0 Å². The highest BCUT2D eigenvalue weighted by molar-refractivity contribution is 5.97. The van der Waals surface area contributed by atoms with Gasteiger partial charge in [0, 0.05) is 13.1 Å². The largest absolute Gasteiger partial charge is 0.370 e. The van der Waals surface area contributed by atoms with Crippen molar-refractivity contribution >= 4 is 17.3 Å². The first kappa shape index (κ1) is 12.9. The summed E-state index contributed by atoms with van der Waals surface area (Å²) in [5.41, 5.74) is 2.04. The topological polar surface area (TPSA) is 44.4 Å². The van der Waals surface area contributed by atoms with Crippen LogP contribution in [-0.2, 0) is 4.79 Å². The molecule has 0 bridgehead atoms. The molecule has 1 atom stereocenters. The number of amides is 1. The SMILES string of the molecule is CNC(C)C(=O)Nc1ccccc1N1CCCC1. The van der Waals surface area contributed by atoms with E-state index in [0.717, 1.165) is 24.5 Å². The molecule has 1 amide bonds. The Morgan fingerprint density at radius 2 is 1.94 bits per heavy atom. The van der Waals surface area contributed by atoms with Gasteiger partial charge in [0.1, 0.15) is 0 Å². The molecule has 1 aliphatic rings. The third kappa shape index (κ3) is 2.82. The molecule has 0 aliphatic carbocycles. The molecule has 1 aromatic carbocycles. The summed E-state index contributed by atoms with van der Waals surface area (Å²) in [7, 11) is 1.79. The number of carbonyl (C=O) groups excluding carboxylic acids is 1. The molecule has 18 heavy (non-hydrogen) atoms. The van der Waals surface area contributed by atoms with Crippen molar-refractivity contribution in [3.05, 3.63) is 24.3 Å². The number of likely N-dealkylation sites (N-methyl/N-ethyl adjacent to an activating group) is 1. The third-order valence-corrected chi connectivity index (χ3v) is 3.43. The van der Waals surface area contributed by atoms with Gasteiger partial charge in [-0.15, -0.1) is 0 Å². The number of benzene rings is 1. The van der Waals surface area contributed by atoms with E-state index in [1.165, 1.54) is 12.8 Å². The van der Waals surface area contributed by atoms with E-state index in [1.54, 1.807) is 7.05 Å². The van der Waals surface area contributed by atoms with Crippen molar-refractivity contribution in [3.63, 3.8) is 0 Å². The number of hydrogen-bond acceptors (Lipinski definition) is 3. The van der Waals surface area contributed by atoms with Gasteiger partial charge >= 0.3 is 0 Å². The zero-order valence-corrected chi connectivity index (χ0v) is 11.1. The number of anilines is 2. The summed E-state index contributed by atoms with van der Waals surface area (Å²) >= 11 is 0. The molecule has 2 rings (SSSR count). The Labute approximate surface area is 108 Å². The Kier molecular flexibility index (Phi) is 4.20. The standard InChI is InChI=1S/C14H21N3O/c1-11(15-2)14(18)16-12-7-3-4-8-13(12)17-9-5-6-10-17/h3-4,7-8,11,15H,5-6,9-10H2,1-2H3,(H,16,18). The first-order valence-corrected chi connectivity index (χ1v) is 6.54. The smallest absolute Gasteiger partial charge is 0.241 e. The van der Waals surface area contributed by atoms with Gasteiger partial charge in [0.25, 0.3) is 0 Å². The van der Waals surface area contributed by atoms with Gasteiger partial charge in [-0.3, -0.25) is 4.79 Å². The number of rotatable bonds is 4. The Morgan fingerprint density at radius 1 is 1.28 bits per heavy atom. The molecular weight excluding hydrogens is 226 g/mol. The highest BCUT2D eigenvalue weighted by Gasteiger charge is 2.17. The van der Waals surface area contributed by atoms with Crippen LogP contribution in [-0.4, -0.2) is 32.1 Å². The highest BCUT2D eigenvalue weighted by atomic mass is 16.2. The van der Waals surface area contributed by atoms with Crippen LogP contribution in [0.25, 0.3) is 0 Å². The fourth-order valence-corrected chi connectivity index (χ4v) is 2.19. The average molecular weight is 247 g/mol. The van der Waals surface area contributed by atoms with Crippen LogP contribution < -0.4 is 15.5 Å². The highest BCUT2D eigenvalue weighted by Crippen LogP contribution is 2.28. The van der Waals surface area contributed by atoms with Crippen LogP contribution in [0.2, 0.25) is 0 Å². The van der Waals surface area contributed by atoms with Crippen molar-refractivity contribution in [2.24, 2.45) is 0 Å². The molecule has 2 N–H and O–H groups in total. The summed E-state index contributed by atoms with van der Waals surface area (Å²) < 4.78 is 0. The molecule has 0 spiro atoms. The monoisotopic (exact) mass is 247 g/mol. The maximum absolute atomic E-state index is 11.9. The Bertz CT molecular complexity index is 413. The predicted octanol–water partition coefficient (Wildman–Crippen LogP) is 1.83. The van der Waals surface area contributed by atoms with Crippen molar-refractivity contribution < 1.29 is 4.79 Å². The second-order valence-corrected chi connectivity index (χ2v) is 4.71. The molecule has 0 saturated carbocycles. The van der Waals surface area contributed by atoms with Crippen molar-refractivity contribution in [2.75, 3.05) is 30.4 Å². The van der Waals surface area contributed by atoms with E-state index in [9.17, 15) is 4.79 Å². The second-order valence-electron chi connectivity index (χ2n) is 4.71. The number of carbonyl (C=O) groups is 1. The van der Waals surface area contributed by atoms with Gasteiger partial charge in [-0.05, 0) is 38.9 Å². The first-order chi connectivity index (χ1) is 8.72. The molecule has 98 valence electrons. The van der Waals surface area contributed by atoms with Crippen LogP contribution in [0.15, 0.2) is 24.3 Å². The predicted molar refractivity (Wildman–Crippen MR) is 75.0 cm³/mol. The lowest BCUT2D eigenvalue weighted by atomic mass is 10.2. The fourth-order valence-electron chi connectivity index (χ4n) is 2.19. The molecule has 4 nitrogen and oxygen atoms in total. The minimum absolute atomic E-state index is 0.00384. The second kappa shape index (κ2) is 5.87. The molecular formula is C14H21N3O. The quantitative estimate of drug-likeness (QED) is 0.853. The summed E-state index contributed by atoms with van der Waals surface area (Å²) in [6.45, 7) is 4.01. The van der Waals surface area contributed by atoms with Gasteiger partial charge in [-0.25, -0.2) is 0 Å². The minimum Gasteiger partial charge on any atom is -0.370 e. The molecule has 1 heterocycles. The lowest BCUT2D eigenvalue weighted by molar-refractivity contribution is -0.117. The van der Waals surface area contributed by atoms with Crippen molar-refractivity contribution in [2.45, 2.75) is 25.8 Å². The summed E-state index contributed by atoms with van der Waals surface area (Å²) in [5.74, 6) is 0.00384. The number of nitrogens with one attached hydrogen (secondary N) is 2. The van der Waals surface area contributed by atoms with Crippen LogP contribution >= 0.6 is 0 Å². The molecule has 1 aromatic rings. The van der Waals surface area contributed by atoms with Gasteiger partial charge in [0.05, 0.1) is 17.4 Å². The summed E-state index contributed by atoms with van der Waals surface area (Å²) in [6.07, 6.45) is 2.46. The molecule has 0 radical (unpaired) electrons. The summed E-state index contributed by atoms with van der Waals surface area (Å²) in [4.78, 5) is 14.3. The number of para-hydroxylation sites is 2. The first-order valence-electron chi connectivity index (χ1n) is 6.54. The maximum atomic E-state index is 11.9. The molecule has 1 unspecified atom stereocenters. The van der Waals surface area contributed by atoms with E-state index in [2.05, 4.69) is 21.6 Å². The van der Waals surface area contributed by atoms with E-state index in [-0.39, 0.29) is 11.9 Å². The van der Waals surface area contributed by atoms with Crippen LogP contribution in [0.5, 0.6) is 0 Å². The van der Waals surface area contributed by atoms with E-state index in [4.69, 9.17) is 0 Å². The van der Waals surface area contributed by atoms with E-state index in [1.807, 2.05) is 25.1 Å². The minimum atomic E-state index is -0.184. The van der Waals surface area contributed by atoms with Crippen molar-refractivity contribution in [1.82, 2.24) is 5.32 Å². The van der Waals surface area contributed by atoms with Crippen LogP contribution in [0.1, 0.15) is 19.8 Å². The van der Waals surface area contributed by atoms with Gasteiger partial charge < -0.3 is 15.5 Å². The molecule has 1 fully saturated rings. The molecule has 1 aliphatic heterocycles. The Hall–Kier alpha value is -1.55. The van der Waals surface area contributed by atoms with Gasteiger partial charge in [-0.2, -0.15) is 0 Å². The molecule has 0 aromatic heterocycles. The van der Waals surface area contributed by atoms with Gasteiger partial charge in [0.15, 0.2) is 0 Å². The van der Waals surface area contributed by atoms with Crippen LogP contribution in [0, 0.1) is 0 Å². The Morgan fingerprint density at radius 3 is 2.61 bits per heavy atom. The lowest BCUT2D eigenvalue weighted by Gasteiger charge is -2.22. The van der Waals surface area contributed by atoms with Crippen molar-refractivity contribution in [3.8, 4) is 0 Å². The normalized spacial score (nSPS) is 16.7. The fraction of sp³-hybridized carbons (Fsp3) is 0.500. The summed E-state index contributed by atoms with van der Waals surface area (Å²) in [6, 6.07) is 7.83. The lowest BCUT2D eigenvalue weighted by Crippen LogP contribution is -2.36. The molecule has 1 saturated heterocycles. The number of nitrogens with zero attached hydrogens (tertiary/aromatic N) is 1. The summed E-state index contributed by atoms with van der Waals surface area (Å²) in [5, 5.41) is 5.94. The van der Waals surface area contributed by atoms with Gasteiger partial charge in [-0.1, -0.05) is 12.1 Å². The van der Waals surface area contributed by atoms with Gasteiger partial charge in [0.2, 0.25) is 5.91 Å².